The molecule has 4 rings (SSSR count). The van der Waals surface area contributed by atoms with E-state index in [4.69, 9.17) is 20.6 Å². The average molecular weight is 503 g/mol. The van der Waals surface area contributed by atoms with Gasteiger partial charge in [0.2, 0.25) is 5.91 Å². The van der Waals surface area contributed by atoms with Crippen molar-refractivity contribution in [2.45, 2.75) is 19.1 Å². The van der Waals surface area contributed by atoms with Gasteiger partial charge in [0.1, 0.15) is 18.5 Å². The average Bonchev–Trinajstić information content (AvgIpc) is 3.42. The van der Waals surface area contributed by atoms with Gasteiger partial charge in [-0.1, -0.05) is 36.4 Å². The molecule has 0 saturated carbocycles. The van der Waals surface area contributed by atoms with Crippen LogP contribution in [0.5, 0.6) is 11.5 Å². The fraction of sp³-hybridized carbons (Fsp3) is 0.250. The molecule has 1 aliphatic heterocycles. The van der Waals surface area contributed by atoms with E-state index in [2.05, 4.69) is 5.32 Å². The van der Waals surface area contributed by atoms with Gasteiger partial charge in [0.25, 0.3) is 0 Å². The summed E-state index contributed by atoms with van der Waals surface area (Å²) in [6.45, 7) is 0.891. The molecule has 5 N–H and O–H groups in total. The number of nitrogen functional groups attached to an aromatic ring is 1. The van der Waals surface area contributed by atoms with Gasteiger partial charge in [-0.2, -0.15) is 0 Å². The maximum atomic E-state index is 13.6. The number of amides is 1. The second-order valence-corrected chi connectivity index (χ2v) is 8.86. The Balaban J connectivity index is 1.60. The van der Waals surface area contributed by atoms with E-state index < -0.39 is 17.9 Å². The first-order valence-electron chi connectivity index (χ1n) is 11.9. The number of hydrogen-bond acceptors (Lipinski definition) is 6. The molecule has 0 spiro atoms. The van der Waals surface area contributed by atoms with E-state index in [1.54, 1.807) is 47.4 Å². The van der Waals surface area contributed by atoms with Crippen LogP contribution in [-0.2, 0) is 16.2 Å². The van der Waals surface area contributed by atoms with Gasteiger partial charge in [0, 0.05) is 24.3 Å². The second-order valence-electron chi connectivity index (χ2n) is 8.86. The number of nitrogens with zero attached hydrogens (tertiary/aromatic N) is 1. The maximum Gasteiger partial charge on any atom is 0.308 e. The van der Waals surface area contributed by atoms with E-state index >= 15 is 0 Å². The Hall–Kier alpha value is -4.53. The monoisotopic (exact) mass is 502 g/mol. The fourth-order valence-corrected chi connectivity index (χ4v) is 4.26. The summed E-state index contributed by atoms with van der Waals surface area (Å²) in [5.74, 6) is -0.751. The summed E-state index contributed by atoms with van der Waals surface area (Å²) in [7, 11) is 1.54. The van der Waals surface area contributed by atoms with Gasteiger partial charge in [-0.25, -0.2) is 0 Å². The van der Waals surface area contributed by atoms with Crippen molar-refractivity contribution in [1.82, 2.24) is 4.90 Å². The van der Waals surface area contributed by atoms with Crippen molar-refractivity contribution in [2.75, 3.05) is 25.5 Å². The number of anilines is 1. The highest BCUT2D eigenvalue weighted by molar-refractivity contribution is 5.95. The standard InChI is InChI=1S/C28H30N4O5/c1-36-24-15-20(9-12-23(24)37-17-18-5-3-2-4-6-18)25(27(33)32-14-13-21(16-32)28(34)35)31-22-10-7-19(8-11-22)26(29)30/h2-12,15,21,25,31H,13-14,16-17H2,1H3,(H3,29,30)(H,34,35). The van der Waals surface area contributed by atoms with Gasteiger partial charge in [0.05, 0.1) is 13.0 Å². The van der Waals surface area contributed by atoms with Crippen molar-refractivity contribution in [3.05, 3.63) is 89.5 Å². The minimum Gasteiger partial charge on any atom is -0.493 e. The van der Waals surface area contributed by atoms with E-state index in [0.29, 0.717) is 47.9 Å². The second kappa shape index (κ2) is 11.5. The molecule has 0 aliphatic carbocycles. The van der Waals surface area contributed by atoms with Gasteiger partial charge in [-0.05, 0) is 53.9 Å². The Bertz CT molecular complexity index is 1260. The number of methoxy groups -OCH3 is 1. The lowest BCUT2D eigenvalue weighted by Crippen LogP contribution is -2.37. The van der Waals surface area contributed by atoms with Crippen LogP contribution in [0.1, 0.15) is 29.2 Å². The largest absolute Gasteiger partial charge is 0.493 e. The lowest BCUT2D eigenvalue weighted by molar-refractivity contribution is -0.141. The molecule has 0 bridgehead atoms. The normalized spacial score (nSPS) is 15.6. The molecule has 9 nitrogen and oxygen atoms in total. The Morgan fingerprint density at radius 3 is 2.46 bits per heavy atom. The molecule has 192 valence electrons. The number of ether oxygens (including phenoxy) is 2. The van der Waals surface area contributed by atoms with Gasteiger partial charge in [-0.3, -0.25) is 15.0 Å². The summed E-state index contributed by atoms with van der Waals surface area (Å²) >= 11 is 0. The molecule has 3 aromatic rings. The SMILES string of the molecule is COc1cc(C(Nc2ccc(C(=N)N)cc2)C(=O)N2CCC(C(=O)O)C2)ccc1OCc1ccccc1. The number of nitrogens with one attached hydrogen (secondary N) is 2. The molecule has 2 atom stereocenters. The van der Waals surface area contributed by atoms with Gasteiger partial charge < -0.3 is 30.5 Å². The summed E-state index contributed by atoms with van der Waals surface area (Å²) in [6, 6.07) is 21.2. The summed E-state index contributed by atoms with van der Waals surface area (Å²) < 4.78 is 11.5. The molecule has 1 aliphatic rings. The molecule has 2 unspecified atom stereocenters. The summed E-state index contributed by atoms with van der Waals surface area (Å²) in [4.78, 5) is 26.7. The number of nitrogens with two attached hydrogens (primary N) is 1. The summed E-state index contributed by atoms with van der Waals surface area (Å²) in [6.07, 6.45) is 0.413. The minimum absolute atomic E-state index is 0.0493. The number of carbonyl (C=O) groups excluding carboxylic acids is 1. The first-order chi connectivity index (χ1) is 17.9. The van der Waals surface area contributed by atoms with E-state index in [-0.39, 0.29) is 18.3 Å². The van der Waals surface area contributed by atoms with E-state index in [1.807, 2.05) is 30.3 Å². The van der Waals surface area contributed by atoms with E-state index in [9.17, 15) is 14.7 Å². The molecule has 3 aromatic carbocycles. The minimum atomic E-state index is -0.902. The number of carbonyl (C=O) groups is 2. The van der Waals surface area contributed by atoms with Crippen LogP contribution in [0.4, 0.5) is 5.69 Å². The Morgan fingerprint density at radius 2 is 1.84 bits per heavy atom. The number of hydrogen-bond donors (Lipinski definition) is 4. The van der Waals surface area contributed by atoms with Crippen LogP contribution in [0.2, 0.25) is 0 Å². The summed E-state index contributed by atoms with van der Waals surface area (Å²) in [5.41, 5.74) is 8.44. The Kier molecular flexibility index (Phi) is 7.92. The van der Waals surface area contributed by atoms with Crippen molar-refractivity contribution in [1.29, 1.82) is 5.41 Å². The van der Waals surface area contributed by atoms with Crippen LogP contribution >= 0.6 is 0 Å². The van der Waals surface area contributed by atoms with Crippen LogP contribution in [-0.4, -0.2) is 47.9 Å². The zero-order valence-corrected chi connectivity index (χ0v) is 20.5. The number of carboxylic acids is 1. The molecule has 1 heterocycles. The van der Waals surface area contributed by atoms with Crippen LogP contribution in [0.25, 0.3) is 0 Å². The van der Waals surface area contributed by atoms with Crippen LogP contribution in [0.3, 0.4) is 0 Å². The molecule has 0 aromatic heterocycles. The van der Waals surface area contributed by atoms with Crippen molar-refractivity contribution in [3.63, 3.8) is 0 Å². The van der Waals surface area contributed by atoms with Crippen molar-refractivity contribution in [2.24, 2.45) is 11.7 Å². The Labute approximate surface area is 215 Å². The van der Waals surface area contributed by atoms with Gasteiger partial charge >= 0.3 is 5.97 Å². The Morgan fingerprint density at radius 1 is 1.11 bits per heavy atom. The van der Waals surface area contributed by atoms with Crippen molar-refractivity contribution < 1.29 is 24.2 Å². The van der Waals surface area contributed by atoms with Crippen molar-refractivity contribution >= 4 is 23.4 Å². The number of benzene rings is 3. The third kappa shape index (κ3) is 6.19. The number of carboxylic acid groups (broad SMARTS) is 1. The van der Waals surface area contributed by atoms with E-state index in [0.717, 1.165) is 5.56 Å². The van der Waals surface area contributed by atoms with Gasteiger partial charge in [0.15, 0.2) is 11.5 Å². The predicted octanol–water partition coefficient (Wildman–Crippen LogP) is 3.64. The molecule has 1 saturated heterocycles. The topological polar surface area (TPSA) is 138 Å². The number of rotatable bonds is 10. The van der Waals surface area contributed by atoms with Crippen LogP contribution in [0.15, 0.2) is 72.8 Å². The first-order valence-corrected chi connectivity index (χ1v) is 11.9. The lowest BCUT2D eigenvalue weighted by Gasteiger charge is -2.26. The third-order valence-corrected chi connectivity index (χ3v) is 6.36. The highest BCUT2D eigenvalue weighted by atomic mass is 16.5. The number of aliphatic carboxylic acids is 1. The highest BCUT2D eigenvalue weighted by Crippen LogP contribution is 2.34. The zero-order chi connectivity index (χ0) is 26.4. The first kappa shape index (κ1) is 25.6. The predicted molar refractivity (Wildman–Crippen MR) is 140 cm³/mol. The smallest absolute Gasteiger partial charge is 0.308 e. The molecule has 1 amide bonds. The molecular formula is C28H30N4O5. The number of amidine groups is 1. The fourth-order valence-electron chi connectivity index (χ4n) is 4.26. The highest BCUT2D eigenvalue weighted by Gasteiger charge is 2.35. The molecular weight excluding hydrogens is 472 g/mol. The number of likely N-dealkylation sites (tertiary alicyclic amines) is 1. The lowest BCUT2D eigenvalue weighted by atomic mass is 10.0. The van der Waals surface area contributed by atoms with E-state index in [1.165, 1.54) is 7.11 Å². The molecule has 9 heteroatoms. The van der Waals surface area contributed by atoms with Gasteiger partial charge in [-0.15, -0.1) is 0 Å². The third-order valence-electron chi connectivity index (χ3n) is 6.36. The summed E-state index contributed by atoms with van der Waals surface area (Å²) in [5, 5.41) is 20.3. The molecule has 37 heavy (non-hydrogen) atoms. The maximum absolute atomic E-state index is 13.6. The molecule has 1 fully saturated rings. The molecule has 0 radical (unpaired) electrons. The van der Waals surface area contributed by atoms with Crippen LogP contribution < -0.4 is 20.5 Å². The van der Waals surface area contributed by atoms with Crippen molar-refractivity contribution in [3.8, 4) is 11.5 Å². The van der Waals surface area contributed by atoms with Crippen LogP contribution in [0, 0.1) is 11.3 Å². The quantitative estimate of drug-likeness (QED) is 0.245. The zero-order valence-electron chi connectivity index (χ0n) is 20.5.